The second-order valence-electron chi connectivity index (χ2n) is 4.55. The zero-order chi connectivity index (χ0) is 13.7. The molecule has 3 heteroatoms. The van der Waals surface area contributed by atoms with Crippen LogP contribution >= 0.6 is 0 Å². The standard InChI is InChI=1S/C15H19N3/c1-11(8-16)6-14(9-17-4)15-7-12(2)10-18(5)13(15)3/h6-7,9H,4,10H2,1-3,5H3/b11-6+,14-9+. The first-order valence-electron chi connectivity index (χ1n) is 5.83. The summed E-state index contributed by atoms with van der Waals surface area (Å²) in [5.41, 5.74) is 5.15. The zero-order valence-electron chi connectivity index (χ0n) is 11.5. The van der Waals surface area contributed by atoms with Crippen LogP contribution in [0.5, 0.6) is 0 Å². The Kier molecular flexibility index (Phi) is 4.67. The molecule has 1 rings (SSSR count). The van der Waals surface area contributed by atoms with Crippen LogP contribution < -0.4 is 0 Å². The average molecular weight is 241 g/mol. The van der Waals surface area contributed by atoms with E-state index < -0.39 is 0 Å². The molecule has 1 aliphatic heterocycles. The molecule has 0 radical (unpaired) electrons. The topological polar surface area (TPSA) is 39.4 Å². The number of likely N-dealkylation sites (N-methyl/N-ethyl adjacent to an activating group) is 1. The molecule has 0 aliphatic carbocycles. The zero-order valence-corrected chi connectivity index (χ0v) is 11.5. The molecule has 0 spiro atoms. The smallest absolute Gasteiger partial charge is 0.0944 e. The lowest BCUT2D eigenvalue weighted by atomic mass is 9.97. The van der Waals surface area contributed by atoms with Gasteiger partial charge in [-0.15, -0.1) is 0 Å². The van der Waals surface area contributed by atoms with Gasteiger partial charge in [-0.05, 0) is 33.6 Å². The van der Waals surface area contributed by atoms with E-state index in [0.717, 1.165) is 17.7 Å². The van der Waals surface area contributed by atoms with Gasteiger partial charge >= 0.3 is 0 Å². The van der Waals surface area contributed by atoms with Crippen molar-refractivity contribution >= 4 is 6.72 Å². The number of allylic oxidation sites excluding steroid dienone is 6. The van der Waals surface area contributed by atoms with Gasteiger partial charge in [0.15, 0.2) is 0 Å². The Hall–Kier alpha value is -2.08. The van der Waals surface area contributed by atoms with Crippen molar-refractivity contribution in [2.24, 2.45) is 4.99 Å². The maximum Gasteiger partial charge on any atom is 0.0944 e. The third-order valence-corrected chi connectivity index (χ3v) is 2.93. The van der Waals surface area contributed by atoms with Gasteiger partial charge < -0.3 is 4.90 Å². The van der Waals surface area contributed by atoms with Crippen LogP contribution in [0, 0.1) is 11.3 Å². The molecule has 0 atom stereocenters. The molecule has 0 unspecified atom stereocenters. The largest absolute Gasteiger partial charge is 0.374 e. The van der Waals surface area contributed by atoms with E-state index in [0.29, 0.717) is 5.57 Å². The first-order chi connectivity index (χ1) is 8.49. The average Bonchev–Trinajstić information content (AvgIpc) is 2.33. The first-order valence-corrected chi connectivity index (χ1v) is 5.83. The Morgan fingerprint density at radius 3 is 2.78 bits per heavy atom. The van der Waals surface area contributed by atoms with Gasteiger partial charge in [0.05, 0.1) is 6.07 Å². The summed E-state index contributed by atoms with van der Waals surface area (Å²) in [5, 5.41) is 8.89. The summed E-state index contributed by atoms with van der Waals surface area (Å²) in [4.78, 5) is 6.03. The van der Waals surface area contributed by atoms with Gasteiger partial charge in [-0.3, -0.25) is 4.99 Å². The minimum Gasteiger partial charge on any atom is -0.374 e. The number of aliphatic imine (C=N–C) groups is 1. The molecule has 18 heavy (non-hydrogen) atoms. The molecule has 0 fully saturated rings. The van der Waals surface area contributed by atoms with Gasteiger partial charge in [0, 0.05) is 42.2 Å². The number of rotatable bonds is 3. The number of nitrogens with zero attached hydrogens (tertiary/aromatic N) is 3. The maximum atomic E-state index is 8.89. The molecule has 0 saturated carbocycles. The van der Waals surface area contributed by atoms with Crippen LogP contribution in [0.15, 0.2) is 51.3 Å². The molecule has 0 aromatic carbocycles. The Morgan fingerprint density at radius 1 is 1.56 bits per heavy atom. The molecule has 1 aliphatic rings. The second kappa shape index (κ2) is 6.02. The van der Waals surface area contributed by atoms with Crippen molar-refractivity contribution in [3.05, 3.63) is 46.3 Å². The highest BCUT2D eigenvalue weighted by Gasteiger charge is 2.14. The van der Waals surface area contributed by atoms with Crippen LogP contribution in [0.1, 0.15) is 20.8 Å². The highest BCUT2D eigenvalue weighted by molar-refractivity contribution is 5.53. The third-order valence-electron chi connectivity index (χ3n) is 2.93. The van der Waals surface area contributed by atoms with Crippen LogP contribution in [-0.2, 0) is 0 Å². The van der Waals surface area contributed by atoms with E-state index in [9.17, 15) is 0 Å². The lowest BCUT2D eigenvalue weighted by molar-refractivity contribution is 0.444. The second-order valence-corrected chi connectivity index (χ2v) is 4.55. The van der Waals surface area contributed by atoms with Gasteiger partial charge in [-0.1, -0.05) is 11.6 Å². The van der Waals surface area contributed by atoms with E-state index in [1.54, 1.807) is 13.1 Å². The highest BCUT2D eigenvalue weighted by atomic mass is 15.1. The summed E-state index contributed by atoms with van der Waals surface area (Å²) in [7, 11) is 2.06. The summed E-state index contributed by atoms with van der Waals surface area (Å²) in [6.07, 6.45) is 5.69. The summed E-state index contributed by atoms with van der Waals surface area (Å²) >= 11 is 0. The van der Waals surface area contributed by atoms with Gasteiger partial charge in [0.2, 0.25) is 0 Å². The van der Waals surface area contributed by atoms with Gasteiger partial charge in [-0.25, -0.2) is 0 Å². The lowest BCUT2D eigenvalue weighted by Crippen LogP contribution is -2.23. The van der Waals surface area contributed by atoms with Crippen molar-refractivity contribution in [3.63, 3.8) is 0 Å². The van der Waals surface area contributed by atoms with Crippen LogP contribution in [0.2, 0.25) is 0 Å². The molecule has 0 amide bonds. The molecule has 94 valence electrons. The Labute approximate surface area is 109 Å². The number of hydrogen-bond donors (Lipinski definition) is 0. The Bertz CT molecular complexity index is 510. The normalized spacial score (nSPS) is 17.5. The quantitative estimate of drug-likeness (QED) is 0.432. The van der Waals surface area contributed by atoms with Crippen LogP contribution in [0.4, 0.5) is 0 Å². The molecule has 0 N–H and O–H groups in total. The molecule has 0 bridgehead atoms. The van der Waals surface area contributed by atoms with Gasteiger partial charge in [0.25, 0.3) is 0 Å². The fourth-order valence-corrected chi connectivity index (χ4v) is 1.94. The van der Waals surface area contributed by atoms with Crippen LogP contribution in [-0.4, -0.2) is 25.2 Å². The SMILES string of the molecule is C=N/C=C(\C=C(/C)C#N)C1=C(C)N(C)CC(C)=C1. The first kappa shape index (κ1) is 14.0. The van der Waals surface area contributed by atoms with E-state index in [1.165, 1.54) is 11.3 Å². The summed E-state index contributed by atoms with van der Waals surface area (Å²) in [5.74, 6) is 0. The van der Waals surface area contributed by atoms with Gasteiger partial charge in [-0.2, -0.15) is 5.26 Å². The molecule has 0 saturated heterocycles. The van der Waals surface area contributed by atoms with Crippen LogP contribution in [0.25, 0.3) is 0 Å². The summed E-state index contributed by atoms with van der Waals surface area (Å²) < 4.78 is 0. The van der Waals surface area contributed by atoms with Gasteiger partial charge in [0.1, 0.15) is 0 Å². The lowest BCUT2D eigenvalue weighted by Gasteiger charge is -2.27. The van der Waals surface area contributed by atoms with Crippen molar-refractivity contribution in [1.82, 2.24) is 4.90 Å². The van der Waals surface area contributed by atoms with Crippen molar-refractivity contribution < 1.29 is 0 Å². The minimum absolute atomic E-state index is 0.657. The fraction of sp³-hybridized carbons (Fsp3) is 0.333. The fourth-order valence-electron chi connectivity index (χ4n) is 1.94. The van der Waals surface area contributed by atoms with Crippen LogP contribution in [0.3, 0.4) is 0 Å². The summed E-state index contributed by atoms with van der Waals surface area (Å²) in [6.45, 7) is 10.4. The molecule has 0 aromatic rings. The van der Waals surface area contributed by atoms with Crippen molar-refractivity contribution in [2.75, 3.05) is 13.6 Å². The van der Waals surface area contributed by atoms with E-state index >= 15 is 0 Å². The van der Waals surface area contributed by atoms with E-state index in [4.69, 9.17) is 5.26 Å². The molecule has 3 nitrogen and oxygen atoms in total. The Morgan fingerprint density at radius 2 is 2.22 bits per heavy atom. The highest BCUT2D eigenvalue weighted by Crippen LogP contribution is 2.26. The Balaban J connectivity index is 3.32. The number of hydrogen-bond acceptors (Lipinski definition) is 3. The van der Waals surface area contributed by atoms with Crippen molar-refractivity contribution in [2.45, 2.75) is 20.8 Å². The van der Waals surface area contributed by atoms with E-state index in [-0.39, 0.29) is 0 Å². The van der Waals surface area contributed by atoms with E-state index in [2.05, 4.69) is 49.7 Å². The van der Waals surface area contributed by atoms with Crippen molar-refractivity contribution in [1.29, 1.82) is 5.26 Å². The van der Waals surface area contributed by atoms with E-state index in [1.807, 2.05) is 6.08 Å². The number of nitriles is 1. The molecule has 1 heterocycles. The molecular weight excluding hydrogens is 222 g/mol. The minimum atomic E-state index is 0.657. The monoisotopic (exact) mass is 241 g/mol. The maximum absolute atomic E-state index is 8.89. The predicted octanol–water partition coefficient (Wildman–Crippen LogP) is 3.21. The van der Waals surface area contributed by atoms with Crippen molar-refractivity contribution in [3.8, 4) is 6.07 Å². The summed E-state index contributed by atoms with van der Waals surface area (Å²) in [6, 6.07) is 2.13. The predicted molar refractivity (Wildman–Crippen MR) is 76.1 cm³/mol. The molecule has 0 aromatic heterocycles. The molecular formula is C15H19N3. The third kappa shape index (κ3) is 3.21.